The fourth-order valence-electron chi connectivity index (χ4n) is 4.83. The van der Waals surface area contributed by atoms with Gasteiger partial charge in [-0.25, -0.2) is 9.78 Å². The van der Waals surface area contributed by atoms with Crippen molar-refractivity contribution in [3.63, 3.8) is 0 Å². The Balaban J connectivity index is 1.48. The monoisotopic (exact) mass is 679 g/mol. The van der Waals surface area contributed by atoms with Crippen LogP contribution >= 0.6 is 22.6 Å². The minimum Gasteiger partial charge on any atom is -0.378 e. The van der Waals surface area contributed by atoms with Gasteiger partial charge >= 0.3 is 18.4 Å². The first-order chi connectivity index (χ1) is 18.8. The van der Waals surface area contributed by atoms with Crippen molar-refractivity contribution in [2.45, 2.75) is 25.7 Å². The van der Waals surface area contributed by atoms with Crippen LogP contribution in [0, 0.1) is 10.5 Å². The lowest BCUT2D eigenvalue weighted by atomic mass is 10.0. The lowest BCUT2D eigenvalue weighted by Gasteiger charge is -2.29. The predicted octanol–water partition coefficient (Wildman–Crippen LogP) is 6.50. The Kier molecular flexibility index (Phi) is 7.67. The Morgan fingerprint density at radius 1 is 1.10 bits per heavy atom. The van der Waals surface area contributed by atoms with Gasteiger partial charge in [-0.3, -0.25) is 0 Å². The molecule has 214 valence electrons. The SMILES string of the molecule is Cc1cc(I)c(NC(=O)N2CC=C(CC(F)(F)F)C2)cc1-c1cc(N2CCOCC2)c2nc(C(F)(F)F)cn2c1. The van der Waals surface area contributed by atoms with Crippen LogP contribution in [0.25, 0.3) is 16.8 Å². The summed E-state index contributed by atoms with van der Waals surface area (Å²) in [4.78, 5) is 20.0. The molecule has 5 rings (SSSR count). The van der Waals surface area contributed by atoms with Crippen LogP contribution < -0.4 is 10.2 Å². The van der Waals surface area contributed by atoms with E-state index < -0.39 is 30.5 Å². The Hall–Kier alpha value is -3.01. The number of pyridine rings is 1. The molecule has 0 radical (unpaired) electrons. The minimum atomic E-state index is -4.62. The molecule has 40 heavy (non-hydrogen) atoms. The third kappa shape index (κ3) is 6.16. The molecule has 7 nitrogen and oxygen atoms in total. The molecule has 0 bridgehead atoms. The van der Waals surface area contributed by atoms with E-state index in [1.165, 1.54) is 15.4 Å². The number of anilines is 2. The van der Waals surface area contributed by atoms with Gasteiger partial charge in [0.2, 0.25) is 0 Å². The number of morpholine rings is 1. The molecular weight excluding hydrogens is 655 g/mol. The normalized spacial score (nSPS) is 16.6. The molecule has 3 aromatic rings. The van der Waals surface area contributed by atoms with Crippen LogP contribution in [0.5, 0.6) is 0 Å². The number of halogens is 7. The third-order valence-electron chi connectivity index (χ3n) is 6.75. The van der Waals surface area contributed by atoms with Crippen LogP contribution in [0.15, 0.2) is 42.2 Å². The summed E-state index contributed by atoms with van der Waals surface area (Å²) in [5.41, 5.74) is 2.36. The lowest BCUT2D eigenvalue weighted by Crippen LogP contribution is -2.36. The van der Waals surface area contributed by atoms with Crippen LogP contribution in [0.2, 0.25) is 0 Å². The molecular formula is C26H24F6IN5O2. The molecule has 1 saturated heterocycles. The maximum atomic E-state index is 13.5. The number of nitrogens with one attached hydrogen (secondary N) is 1. The Morgan fingerprint density at radius 2 is 1.82 bits per heavy atom. The van der Waals surface area contributed by atoms with E-state index in [9.17, 15) is 31.1 Å². The highest BCUT2D eigenvalue weighted by Crippen LogP contribution is 2.37. The fraction of sp³-hybridized carbons (Fsp3) is 0.385. The van der Waals surface area contributed by atoms with E-state index in [1.54, 1.807) is 18.3 Å². The van der Waals surface area contributed by atoms with Crippen LogP contribution in [0.3, 0.4) is 0 Å². The summed E-state index contributed by atoms with van der Waals surface area (Å²) in [6.45, 7) is 3.62. The molecule has 0 unspecified atom stereocenters. The maximum Gasteiger partial charge on any atom is 0.434 e. The van der Waals surface area contributed by atoms with Crippen molar-refractivity contribution in [1.29, 1.82) is 0 Å². The van der Waals surface area contributed by atoms with Gasteiger partial charge in [0.05, 0.1) is 31.0 Å². The zero-order chi connectivity index (χ0) is 28.8. The fourth-order valence-corrected chi connectivity index (χ4v) is 5.59. The Labute approximate surface area is 238 Å². The van der Waals surface area contributed by atoms with Crippen molar-refractivity contribution in [3.05, 3.63) is 57.1 Å². The van der Waals surface area contributed by atoms with E-state index >= 15 is 0 Å². The number of carbonyl (C=O) groups excluding carboxylic acids is 1. The molecule has 14 heteroatoms. The van der Waals surface area contributed by atoms with Crippen LogP contribution in [-0.4, -0.2) is 65.9 Å². The molecule has 0 saturated carbocycles. The molecule has 2 amide bonds. The zero-order valence-electron chi connectivity index (χ0n) is 21.2. The zero-order valence-corrected chi connectivity index (χ0v) is 23.3. The van der Waals surface area contributed by atoms with Crippen LogP contribution in [0.4, 0.5) is 42.5 Å². The summed E-state index contributed by atoms with van der Waals surface area (Å²) in [6.07, 6.45) is -6.11. The number of imidazole rings is 1. The second-order valence-corrected chi connectivity index (χ2v) is 10.8. The summed E-state index contributed by atoms with van der Waals surface area (Å²) in [7, 11) is 0. The van der Waals surface area contributed by atoms with Crippen molar-refractivity contribution in [2.24, 2.45) is 0 Å². The van der Waals surface area contributed by atoms with Crippen LogP contribution in [0.1, 0.15) is 17.7 Å². The molecule has 1 aromatic carbocycles. The van der Waals surface area contributed by atoms with Gasteiger partial charge < -0.3 is 24.3 Å². The second-order valence-electron chi connectivity index (χ2n) is 9.68. The summed E-state index contributed by atoms with van der Waals surface area (Å²) in [5.74, 6) is 0. The summed E-state index contributed by atoms with van der Waals surface area (Å²) in [5, 5.41) is 2.78. The summed E-state index contributed by atoms with van der Waals surface area (Å²) in [6, 6.07) is 4.79. The molecule has 2 aliphatic rings. The summed E-state index contributed by atoms with van der Waals surface area (Å²) >= 11 is 2.05. The molecule has 1 N–H and O–H groups in total. The number of alkyl halides is 6. The number of aromatic nitrogens is 2. The molecule has 0 aliphatic carbocycles. The van der Waals surface area contributed by atoms with Gasteiger partial charge in [-0.2, -0.15) is 26.3 Å². The van der Waals surface area contributed by atoms with E-state index in [1.807, 2.05) is 17.9 Å². The highest BCUT2D eigenvalue weighted by molar-refractivity contribution is 14.1. The minimum absolute atomic E-state index is 0.0638. The first-order valence-corrected chi connectivity index (χ1v) is 13.4. The van der Waals surface area contributed by atoms with Gasteiger partial charge in [0.15, 0.2) is 11.3 Å². The van der Waals surface area contributed by atoms with Gasteiger partial charge in [0, 0.05) is 47.7 Å². The summed E-state index contributed by atoms with van der Waals surface area (Å²) < 4.78 is 86.3. The smallest absolute Gasteiger partial charge is 0.378 e. The van der Waals surface area contributed by atoms with E-state index in [2.05, 4.69) is 32.9 Å². The number of fused-ring (bicyclic) bond motifs is 1. The third-order valence-corrected chi connectivity index (χ3v) is 7.64. The van der Waals surface area contributed by atoms with E-state index in [4.69, 9.17) is 4.74 Å². The predicted molar refractivity (Wildman–Crippen MR) is 145 cm³/mol. The Morgan fingerprint density at radius 3 is 2.50 bits per heavy atom. The average molecular weight is 679 g/mol. The molecule has 0 atom stereocenters. The van der Waals surface area contributed by atoms with Crippen molar-refractivity contribution in [1.82, 2.24) is 14.3 Å². The molecule has 2 aliphatic heterocycles. The number of amides is 2. The number of hydrogen-bond donors (Lipinski definition) is 1. The number of hydrogen-bond acceptors (Lipinski definition) is 4. The Bertz CT molecular complexity index is 1480. The number of ether oxygens (including phenoxy) is 1. The highest BCUT2D eigenvalue weighted by atomic mass is 127. The van der Waals surface area contributed by atoms with Gasteiger partial charge in [-0.05, 0) is 64.4 Å². The highest BCUT2D eigenvalue weighted by Gasteiger charge is 2.35. The van der Waals surface area contributed by atoms with Crippen molar-refractivity contribution >= 4 is 45.6 Å². The molecule has 2 aromatic heterocycles. The number of benzene rings is 1. The quantitative estimate of drug-likeness (QED) is 0.195. The standard InChI is InChI=1S/C26H24F6IN5O2/c1-15-8-19(33)20(34-24(39)37-3-2-16(12-37)11-25(27,28)29)10-18(15)17-9-21(36-4-6-40-7-5-36)23-35-22(26(30,31)32)14-38(23)13-17/h2,8-10,13-14H,3-7,11-12H2,1H3,(H,34,39). The number of rotatable bonds is 4. The van der Waals surface area contributed by atoms with Gasteiger partial charge in [0.1, 0.15) is 0 Å². The largest absolute Gasteiger partial charge is 0.434 e. The number of aryl methyl sites for hydroxylation is 1. The number of nitrogens with zero attached hydrogens (tertiary/aromatic N) is 4. The first-order valence-electron chi connectivity index (χ1n) is 12.3. The van der Waals surface area contributed by atoms with Gasteiger partial charge in [-0.1, -0.05) is 6.08 Å². The number of carbonyl (C=O) groups is 1. The molecule has 1 fully saturated rings. The van der Waals surface area contributed by atoms with E-state index in [0.717, 1.165) is 11.8 Å². The van der Waals surface area contributed by atoms with Gasteiger partial charge in [0.25, 0.3) is 0 Å². The second kappa shape index (κ2) is 10.8. The van der Waals surface area contributed by atoms with E-state index in [0.29, 0.717) is 52.4 Å². The lowest BCUT2D eigenvalue weighted by molar-refractivity contribution is -0.140. The average Bonchev–Trinajstić information content (AvgIpc) is 3.52. The molecule has 4 heterocycles. The van der Waals surface area contributed by atoms with Crippen molar-refractivity contribution < 1.29 is 35.9 Å². The maximum absolute atomic E-state index is 13.5. The molecule has 0 spiro atoms. The van der Waals surface area contributed by atoms with Gasteiger partial charge in [-0.15, -0.1) is 0 Å². The van der Waals surface area contributed by atoms with Crippen molar-refractivity contribution in [3.8, 4) is 11.1 Å². The van der Waals surface area contributed by atoms with Crippen molar-refractivity contribution in [2.75, 3.05) is 49.6 Å². The first kappa shape index (κ1) is 28.5. The van der Waals surface area contributed by atoms with Crippen LogP contribution in [-0.2, 0) is 10.9 Å². The topological polar surface area (TPSA) is 62.1 Å². The number of urea groups is 1. The van der Waals surface area contributed by atoms with E-state index in [-0.39, 0.29) is 24.3 Å².